The van der Waals surface area contributed by atoms with Gasteiger partial charge >= 0.3 is 0 Å². The first-order valence-electron chi connectivity index (χ1n) is 12.7. The van der Waals surface area contributed by atoms with Crippen LogP contribution < -0.4 is 9.62 Å². The third-order valence-electron chi connectivity index (χ3n) is 6.77. The molecule has 202 valence electrons. The number of rotatable bonds is 10. The van der Waals surface area contributed by atoms with Crippen molar-refractivity contribution in [3.63, 3.8) is 0 Å². The minimum atomic E-state index is -4.08. The molecule has 2 amide bonds. The molecule has 0 saturated carbocycles. The SMILES string of the molecule is CCC(C(=O)NC)N(Cc1ccc(C)cc1)C(=O)CN(c1ccc(C)c(C)c1)S(=O)(=O)c1ccc(C)cc1. The fourth-order valence-electron chi connectivity index (χ4n) is 4.22. The van der Waals surface area contributed by atoms with Crippen LogP contribution in [-0.2, 0) is 26.2 Å². The number of sulfonamides is 1. The van der Waals surface area contributed by atoms with Gasteiger partial charge in [0, 0.05) is 13.6 Å². The fraction of sp³-hybridized carbons (Fsp3) is 0.333. The van der Waals surface area contributed by atoms with Crippen LogP contribution >= 0.6 is 0 Å². The lowest BCUT2D eigenvalue weighted by molar-refractivity contribution is -0.140. The first-order valence-corrected chi connectivity index (χ1v) is 14.1. The molecule has 0 heterocycles. The molecule has 7 nitrogen and oxygen atoms in total. The highest BCUT2D eigenvalue weighted by atomic mass is 32.2. The number of carbonyl (C=O) groups excluding carboxylic acids is 2. The second-order valence-electron chi connectivity index (χ2n) is 9.64. The molecule has 0 aliphatic rings. The molecule has 0 radical (unpaired) electrons. The lowest BCUT2D eigenvalue weighted by Crippen LogP contribution is -2.51. The van der Waals surface area contributed by atoms with Gasteiger partial charge in [0.15, 0.2) is 0 Å². The summed E-state index contributed by atoms with van der Waals surface area (Å²) in [6.45, 7) is 9.27. The van der Waals surface area contributed by atoms with E-state index in [9.17, 15) is 18.0 Å². The lowest BCUT2D eigenvalue weighted by atomic mass is 10.1. The number of benzene rings is 3. The molecular weight excluding hydrogens is 498 g/mol. The van der Waals surface area contributed by atoms with Gasteiger partial charge in [0.2, 0.25) is 11.8 Å². The van der Waals surface area contributed by atoms with E-state index in [-0.39, 0.29) is 17.3 Å². The first kappa shape index (κ1) is 28.9. The van der Waals surface area contributed by atoms with Crippen LogP contribution in [0, 0.1) is 27.7 Å². The zero-order valence-electron chi connectivity index (χ0n) is 23.0. The van der Waals surface area contributed by atoms with Crippen LogP contribution in [-0.4, -0.2) is 44.8 Å². The zero-order valence-corrected chi connectivity index (χ0v) is 23.8. The quantitative estimate of drug-likeness (QED) is 0.409. The summed E-state index contributed by atoms with van der Waals surface area (Å²) in [4.78, 5) is 28.3. The third-order valence-corrected chi connectivity index (χ3v) is 8.56. The molecule has 38 heavy (non-hydrogen) atoms. The van der Waals surface area contributed by atoms with Crippen LogP contribution in [0.1, 0.15) is 41.2 Å². The summed E-state index contributed by atoms with van der Waals surface area (Å²) in [5, 5.41) is 2.64. The van der Waals surface area contributed by atoms with Crippen molar-refractivity contribution in [3.8, 4) is 0 Å². The first-order chi connectivity index (χ1) is 18.0. The maximum absolute atomic E-state index is 13.9. The van der Waals surface area contributed by atoms with E-state index in [2.05, 4.69) is 5.32 Å². The lowest BCUT2D eigenvalue weighted by Gasteiger charge is -2.33. The highest BCUT2D eigenvalue weighted by molar-refractivity contribution is 7.92. The van der Waals surface area contributed by atoms with Crippen molar-refractivity contribution in [2.75, 3.05) is 17.9 Å². The Labute approximate surface area is 226 Å². The van der Waals surface area contributed by atoms with Gasteiger partial charge in [-0.25, -0.2) is 8.42 Å². The number of anilines is 1. The Kier molecular flexibility index (Phi) is 9.33. The summed E-state index contributed by atoms with van der Waals surface area (Å²) < 4.78 is 28.9. The summed E-state index contributed by atoms with van der Waals surface area (Å²) in [5.41, 5.74) is 5.18. The predicted molar refractivity (Wildman–Crippen MR) is 152 cm³/mol. The van der Waals surface area contributed by atoms with Gasteiger partial charge in [-0.05, 0) is 75.1 Å². The second kappa shape index (κ2) is 12.3. The average molecular weight is 536 g/mol. The van der Waals surface area contributed by atoms with Crippen LogP contribution in [0.25, 0.3) is 0 Å². The van der Waals surface area contributed by atoms with Crippen LogP contribution in [0.4, 0.5) is 5.69 Å². The molecule has 0 bridgehead atoms. The largest absolute Gasteiger partial charge is 0.357 e. The number of likely N-dealkylation sites (N-methyl/N-ethyl adjacent to an activating group) is 1. The number of hydrogen-bond acceptors (Lipinski definition) is 4. The van der Waals surface area contributed by atoms with Crippen LogP contribution in [0.3, 0.4) is 0 Å². The second-order valence-corrected chi connectivity index (χ2v) is 11.5. The van der Waals surface area contributed by atoms with Gasteiger partial charge in [-0.2, -0.15) is 0 Å². The van der Waals surface area contributed by atoms with Crippen molar-refractivity contribution in [1.82, 2.24) is 10.2 Å². The van der Waals surface area contributed by atoms with Gasteiger partial charge in [-0.3, -0.25) is 13.9 Å². The molecule has 3 rings (SSSR count). The standard InChI is InChI=1S/C30H37N3O4S/c1-7-28(30(35)31-6)32(19-25-13-8-21(2)9-14-25)29(34)20-33(26-15-12-23(4)24(5)18-26)38(36,37)27-16-10-22(3)11-17-27/h8-18,28H,7,19-20H2,1-6H3,(H,31,35). The highest BCUT2D eigenvalue weighted by Crippen LogP contribution is 2.27. The molecule has 1 N–H and O–H groups in total. The van der Waals surface area contributed by atoms with E-state index < -0.39 is 28.5 Å². The molecule has 3 aromatic rings. The Hall–Kier alpha value is -3.65. The Morgan fingerprint density at radius 3 is 1.95 bits per heavy atom. The van der Waals surface area contributed by atoms with E-state index in [1.54, 1.807) is 36.4 Å². The summed E-state index contributed by atoms with van der Waals surface area (Å²) in [6.07, 6.45) is 0.381. The van der Waals surface area contributed by atoms with Gasteiger partial charge in [0.1, 0.15) is 12.6 Å². The molecule has 8 heteroatoms. The van der Waals surface area contributed by atoms with Gasteiger partial charge < -0.3 is 10.2 Å². The highest BCUT2D eigenvalue weighted by Gasteiger charge is 2.33. The number of nitrogens with zero attached hydrogens (tertiary/aromatic N) is 2. The molecule has 0 aromatic heterocycles. The van der Waals surface area contributed by atoms with Crippen LogP contribution in [0.15, 0.2) is 71.6 Å². The summed E-state index contributed by atoms with van der Waals surface area (Å²) in [7, 11) is -2.55. The van der Waals surface area contributed by atoms with Crippen molar-refractivity contribution in [1.29, 1.82) is 0 Å². The van der Waals surface area contributed by atoms with Crippen molar-refractivity contribution in [3.05, 3.63) is 94.5 Å². The summed E-state index contributed by atoms with van der Waals surface area (Å²) in [6, 6.07) is 18.9. The molecule has 0 spiro atoms. The van der Waals surface area contributed by atoms with Crippen LogP contribution in [0.2, 0.25) is 0 Å². The molecule has 1 unspecified atom stereocenters. The van der Waals surface area contributed by atoms with Crippen molar-refractivity contribution in [2.45, 2.75) is 58.5 Å². The maximum Gasteiger partial charge on any atom is 0.264 e. The maximum atomic E-state index is 13.9. The van der Waals surface area contributed by atoms with Gasteiger partial charge in [-0.15, -0.1) is 0 Å². The summed E-state index contributed by atoms with van der Waals surface area (Å²) >= 11 is 0. The minimum absolute atomic E-state index is 0.0950. The number of aryl methyl sites for hydroxylation is 4. The molecule has 1 atom stereocenters. The van der Waals surface area contributed by atoms with Crippen LogP contribution in [0.5, 0.6) is 0 Å². The smallest absolute Gasteiger partial charge is 0.264 e. The molecule has 0 aliphatic heterocycles. The Morgan fingerprint density at radius 2 is 1.42 bits per heavy atom. The monoisotopic (exact) mass is 535 g/mol. The van der Waals surface area contributed by atoms with Gasteiger partial charge in [-0.1, -0.05) is 60.5 Å². The molecule has 0 saturated heterocycles. The van der Waals surface area contributed by atoms with E-state index in [0.29, 0.717) is 12.1 Å². The normalized spacial score (nSPS) is 12.1. The zero-order chi connectivity index (χ0) is 28.0. The molecular formula is C30H37N3O4S. The van der Waals surface area contributed by atoms with Gasteiger partial charge in [0.25, 0.3) is 10.0 Å². The average Bonchev–Trinajstić information content (AvgIpc) is 2.89. The van der Waals surface area contributed by atoms with E-state index in [1.807, 2.05) is 65.0 Å². The third kappa shape index (κ3) is 6.61. The Bertz CT molecular complexity index is 1380. The number of hydrogen-bond donors (Lipinski definition) is 1. The van der Waals surface area contributed by atoms with E-state index in [0.717, 1.165) is 32.1 Å². The molecule has 0 aliphatic carbocycles. The number of nitrogens with one attached hydrogen (secondary N) is 1. The predicted octanol–water partition coefficient (Wildman–Crippen LogP) is 4.67. The van der Waals surface area contributed by atoms with E-state index in [4.69, 9.17) is 0 Å². The topological polar surface area (TPSA) is 86.8 Å². The van der Waals surface area contributed by atoms with Gasteiger partial charge in [0.05, 0.1) is 10.6 Å². The molecule has 3 aromatic carbocycles. The Morgan fingerprint density at radius 1 is 0.842 bits per heavy atom. The number of carbonyl (C=O) groups is 2. The number of amides is 2. The van der Waals surface area contributed by atoms with Crippen molar-refractivity contribution < 1.29 is 18.0 Å². The van der Waals surface area contributed by atoms with E-state index >= 15 is 0 Å². The Balaban J connectivity index is 2.08. The van der Waals surface area contributed by atoms with E-state index in [1.165, 1.54) is 11.9 Å². The molecule has 0 fully saturated rings. The van der Waals surface area contributed by atoms with Crippen molar-refractivity contribution in [2.24, 2.45) is 0 Å². The summed E-state index contributed by atoms with van der Waals surface area (Å²) in [5.74, 6) is -0.762. The minimum Gasteiger partial charge on any atom is -0.357 e. The fourth-order valence-corrected chi connectivity index (χ4v) is 5.63. The van der Waals surface area contributed by atoms with Crippen molar-refractivity contribution >= 4 is 27.5 Å².